The summed E-state index contributed by atoms with van der Waals surface area (Å²) in [5.41, 5.74) is 2.58. The normalized spacial score (nSPS) is 9.70. The Morgan fingerprint density at radius 1 is 0.900 bits per heavy atom. The summed E-state index contributed by atoms with van der Waals surface area (Å²) in [6.07, 6.45) is 7.88. The summed E-state index contributed by atoms with van der Waals surface area (Å²) in [7, 11) is 0. The smallest absolute Gasteiger partial charge is 0.0256 e. The molecule has 0 amide bonds. The van der Waals surface area contributed by atoms with Gasteiger partial charge in [0.1, 0.15) is 0 Å². The average Bonchev–Trinajstić information content (AvgIpc) is 2.45. The Labute approximate surface area is 122 Å². The molecule has 0 unspecified atom stereocenters. The zero-order valence-corrected chi connectivity index (χ0v) is 12.3. The molecule has 0 N–H and O–H groups in total. The molecule has 0 saturated carbocycles. The first kappa shape index (κ1) is 15.7. The molecule has 0 radical (unpaired) electrons. The first-order chi connectivity index (χ1) is 9.65. The predicted molar refractivity (Wildman–Crippen MR) is 91.8 cm³/mol. The van der Waals surface area contributed by atoms with Gasteiger partial charge in [-0.05, 0) is 29.8 Å². The topological polar surface area (TPSA) is 0 Å². The van der Waals surface area contributed by atoms with Crippen molar-refractivity contribution >= 4 is 18.7 Å². The Balaban J connectivity index is 0.000000200. The molecule has 0 spiro atoms. The summed E-state index contributed by atoms with van der Waals surface area (Å²) in [6.45, 7) is 11.5. The van der Waals surface area contributed by atoms with Gasteiger partial charge in [-0.25, -0.2) is 0 Å². The van der Waals surface area contributed by atoms with E-state index in [-0.39, 0.29) is 0 Å². The first-order valence-corrected chi connectivity index (χ1v) is 6.73. The third kappa shape index (κ3) is 6.01. The van der Waals surface area contributed by atoms with Gasteiger partial charge in [0.15, 0.2) is 0 Å². The van der Waals surface area contributed by atoms with E-state index in [4.69, 9.17) is 0 Å². The Morgan fingerprint density at radius 2 is 1.50 bits per heavy atom. The number of hydrogen-bond acceptors (Lipinski definition) is 0. The van der Waals surface area contributed by atoms with Crippen LogP contribution in [0.15, 0.2) is 67.3 Å². The fourth-order valence-corrected chi connectivity index (χ4v) is 1.63. The minimum atomic E-state index is 1.04. The Hall–Kier alpha value is -2.34. The maximum Gasteiger partial charge on any atom is -0.0256 e. The second-order valence-corrected chi connectivity index (χ2v) is 4.55. The summed E-state index contributed by atoms with van der Waals surface area (Å²) in [4.78, 5) is 0. The Bertz CT molecular complexity index is 635. The van der Waals surface area contributed by atoms with Gasteiger partial charge in [0.25, 0.3) is 0 Å². The van der Waals surface area contributed by atoms with Crippen LogP contribution in [0.1, 0.15) is 18.1 Å². The summed E-state index contributed by atoms with van der Waals surface area (Å²) in [5, 5.41) is 2.21. The highest BCUT2D eigenvalue weighted by atomic mass is 13.9. The fraction of sp³-hybridized carbons (Fsp3) is 0.100. The minimum absolute atomic E-state index is 1.04. The molecule has 2 aromatic carbocycles. The molecule has 102 valence electrons. The maximum atomic E-state index is 3.78. The van der Waals surface area contributed by atoms with Gasteiger partial charge < -0.3 is 0 Å². The van der Waals surface area contributed by atoms with Gasteiger partial charge >= 0.3 is 0 Å². The zero-order valence-electron chi connectivity index (χ0n) is 12.3. The Morgan fingerprint density at radius 3 is 2.00 bits per heavy atom. The van der Waals surface area contributed by atoms with E-state index >= 15 is 0 Å². The van der Waals surface area contributed by atoms with Crippen LogP contribution in [0.5, 0.6) is 0 Å². The van der Waals surface area contributed by atoms with E-state index in [2.05, 4.69) is 50.4 Å². The van der Waals surface area contributed by atoms with Crippen molar-refractivity contribution in [3.63, 3.8) is 0 Å². The van der Waals surface area contributed by atoms with E-state index in [0.29, 0.717) is 0 Å². The lowest BCUT2D eigenvalue weighted by Gasteiger charge is -1.92. The molecule has 0 heteroatoms. The number of hydrogen-bond donors (Lipinski definition) is 0. The SMILES string of the molecule is C/C=C/c1ccc(C)cc1.C=CC=c1ccc(=C)cc1. The van der Waals surface area contributed by atoms with Crippen molar-refractivity contribution < 1.29 is 0 Å². The third-order valence-electron chi connectivity index (χ3n) is 2.73. The molecule has 0 aliphatic rings. The lowest BCUT2D eigenvalue weighted by atomic mass is 10.1. The molecular weight excluding hydrogens is 240 g/mol. The van der Waals surface area contributed by atoms with Crippen LogP contribution in [-0.4, -0.2) is 0 Å². The van der Waals surface area contributed by atoms with E-state index < -0.39 is 0 Å². The number of allylic oxidation sites excluding steroid dienone is 2. The van der Waals surface area contributed by atoms with Crippen molar-refractivity contribution in [3.05, 3.63) is 88.8 Å². The molecule has 0 fully saturated rings. The van der Waals surface area contributed by atoms with Crippen molar-refractivity contribution in [1.29, 1.82) is 0 Å². The van der Waals surface area contributed by atoms with Gasteiger partial charge in [0.2, 0.25) is 0 Å². The van der Waals surface area contributed by atoms with E-state index in [1.165, 1.54) is 16.3 Å². The van der Waals surface area contributed by atoms with Crippen molar-refractivity contribution in [1.82, 2.24) is 0 Å². The molecular formula is C20H22. The van der Waals surface area contributed by atoms with Gasteiger partial charge in [-0.3, -0.25) is 0 Å². The maximum absolute atomic E-state index is 3.78. The van der Waals surface area contributed by atoms with Gasteiger partial charge in [-0.1, -0.05) is 91.6 Å². The first-order valence-electron chi connectivity index (χ1n) is 6.73. The third-order valence-corrected chi connectivity index (χ3v) is 2.73. The fourth-order valence-electron chi connectivity index (χ4n) is 1.63. The summed E-state index contributed by atoms with van der Waals surface area (Å²) < 4.78 is 0. The molecule has 0 heterocycles. The lowest BCUT2D eigenvalue weighted by molar-refractivity contribution is 1.46. The van der Waals surface area contributed by atoms with Crippen LogP contribution >= 0.6 is 0 Å². The molecule has 0 bridgehead atoms. The van der Waals surface area contributed by atoms with Gasteiger partial charge in [-0.15, -0.1) is 0 Å². The van der Waals surface area contributed by atoms with Crippen LogP contribution in [0, 0.1) is 6.92 Å². The summed E-state index contributed by atoms with van der Waals surface area (Å²) >= 11 is 0. The molecule has 20 heavy (non-hydrogen) atoms. The van der Waals surface area contributed by atoms with Crippen molar-refractivity contribution in [3.8, 4) is 0 Å². The second-order valence-electron chi connectivity index (χ2n) is 4.55. The van der Waals surface area contributed by atoms with Crippen LogP contribution in [0.2, 0.25) is 0 Å². The lowest BCUT2D eigenvalue weighted by Crippen LogP contribution is -2.04. The molecule has 0 nitrogen and oxygen atoms in total. The van der Waals surface area contributed by atoms with Crippen molar-refractivity contribution in [2.75, 3.05) is 0 Å². The highest BCUT2D eigenvalue weighted by molar-refractivity contribution is 5.48. The molecule has 0 saturated heterocycles. The summed E-state index contributed by atoms with van der Waals surface area (Å²) in [6, 6.07) is 16.5. The van der Waals surface area contributed by atoms with Gasteiger partial charge in [0.05, 0.1) is 0 Å². The van der Waals surface area contributed by atoms with Crippen LogP contribution in [-0.2, 0) is 0 Å². The molecule has 0 aliphatic heterocycles. The molecule has 0 aliphatic carbocycles. The van der Waals surface area contributed by atoms with Crippen LogP contribution < -0.4 is 10.4 Å². The molecule has 0 aromatic heterocycles. The van der Waals surface area contributed by atoms with E-state index in [1.807, 2.05) is 43.3 Å². The number of rotatable bonds is 2. The zero-order chi connectivity index (χ0) is 14.8. The van der Waals surface area contributed by atoms with Gasteiger partial charge in [-0.2, -0.15) is 0 Å². The quantitative estimate of drug-likeness (QED) is 0.764. The molecule has 2 rings (SSSR count). The second kappa shape index (κ2) is 8.71. The molecule has 0 atom stereocenters. The Kier molecular flexibility index (Phi) is 6.84. The summed E-state index contributed by atoms with van der Waals surface area (Å²) in [5.74, 6) is 0. The number of aryl methyl sites for hydroxylation is 1. The van der Waals surface area contributed by atoms with E-state index in [0.717, 1.165) is 5.22 Å². The molecule has 2 aromatic rings. The van der Waals surface area contributed by atoms with Crippen LogP contribution in [0.4, 0.5) is 0 Å². The van der Waals surface area contributed by atoms with Crippen molar-refractivity contribution in [2.45, 2.75) is 13.8 Å². The number of benzene rings is 2. The van der Waals surface area contributed by atoms with E-state index in [1.54, 1.807) is 6.08 Å². The van der Waals surface area contributed by atoms with Gasteiger partial charge in [0, 0.05) is 0 Å². The van der Waals surface area contributed by atoms with Crippen molar-refractivity contribution in [2.24, 2.45) is 0 Å². The largest absolute Gasteiger partial charge is 0.0990 e. The standard InChI is InChI=1S/C10H12.C10H10/c2*1-3-4-10-7-5-9(2)6-8-10/h3-8H,1-2H3;3-8H,1-2H2/b4-3+;. The highest BCUT2D eigenvalue weighted by Crippen LogP contribution is 2.04. The highest BCUT2D eigenvalue weighted by Gasteiger charge is 1.83. The minimum Gasteiger partial charge on any atom is -0.0990 e. The van der Waals surface area contributed by atoms with E-state index in [9.17, 15) is 0 Å². The van der Waals surface area contributed by atoms with Crippen LogP contribution in [0.25, 0.3) is 18.7 Å². The monoisotopic (exact) mass is 262 g/mol. The average molecular weight is 262 g/mol. The predicted octanol–water partition coefficient (Wildman–Crippen LogP) is 4.09. The van der Waals surface area contributed by atoms with Crippen LogP contribution in [0.3, 0.4) is 0 Å².